The Kier molecular flexibility index (Phi) is 5.16. The minimum atomic E-state index is -1.17. The van der Waals surface area contributed by atoms with Crippen LogP contribution in [0.15, 0.2) is 24.3 Å². The highest BCUT2D eigenvalue weighted by Crippen LogP contribution is 2.28. The molecule has 5 nitrogen and oxygen atoms in total. The smallest absolute Gasteiger partial charge is 0.329 e. The van der Waals surface area contributed by atoms with Crippen molar-refractivity contribution in [1.82, 2.24) is 5.32 Å². The van der Waals surface area contributed by atoms with Gasteiger partial charge in [0.15, 0.2) is 0 Å². The van der Waals surface area contributed by atoms with E-state index in [-0.39, 0.29) is 12.3 Å². The van der Waals surface area contributed by atoms with Crippen LogP contribution in [0.1, 0.15) is 54.4 Å². The van der Waals surface area contributed by atoms with E-state index in [0.29, 0.717) is 18.4 Å². The van der Waals surface area contributed by atoms with E-state index < -0.39 is 11.5 Å². The maximum absolute atomic E-state index is 12.4. The number of nitrogens with zero attached hydrogens (tertiary/aromatic N) is 1. The molecule has 116 valence electrons. The van der Waals surface area contributed by atoms with Gasteiger partial charge in [-0.2, -0.15) is 5.26 Å². The first kappa shape index (κ1) is 16.0. The minimum absolute atomic E-state index is 0.227. The predicted octanol–water partition coefficient (Wildman–Crippen LogP) is 2.66. The number of aliphatic carboxylic acids is 1. The van der Waals surface area contributed by atoms with E-state index in [1.54, 1.807) is 24.3 Å². The molecule has 1 aliphatic rings. The van der Waals surface area contributed by atoms with Crippen molar-refractivity contribution in [2.75, 3.05) is 0 Å². The zero-order chi connectivity index (χ0) is 16.0. The van der Waals surface area contributed by atoms with E-state index in [2.05, 4.69) is 5.32 Å². The second-order valence-corrected chi connectivity index (χ2v) is 5.79. The third-order valence-corrected chi connectivity index (χ3v) is 4.19. The molecule has 2 rings (SSSR count). The summed E-state index contributed by atoms with van der Waals surface area (Å²) in [5.74, 6) is -1.35. The van der Waals surface area contributed by atoms with Crippen molar-refractivity contribution < 1.29 is 14.7 Å². The highest BCUT2D eigenvalue weighted by molar-refractivity contribution is 5.98. The molecule has 1 saturated carbocycles. The van der Waals surface area contributed by atoms with Crippen LogP contribution in [0.4, 0.5) is 0 Å². The fraction of sp³-hybridized carbons (Fsp3) is 0.471. The Labute approximate surface area is 129 Å². The van der Waals surface area contributed by atoms with Crippen molar-refractivity contribution in [3.8, 4) is 6.07 Å². The molecular weight excluding hydrogens is 280 g/mol. The molecule has 0 bridgehead atoms. The SMILES string of the molecule is N#CCc1cccc(C(=O)NC2(C(=O)O)CCCCCC2)c1. The lowest BCUT2D eigenvalue weighted by Crippen LogP contribution is -2.54. The molecule has 0 aromatic heterocycles. The number of nitriles is 1. The van der Waals surface area contributed by atoms with Crippen molar-refractivity contribution in [2.45, 2.75) is 50.5 Å². The zero-order valence-electron chi connectivity index (χ0n) is 12.5. The molecule has 1 fully saturated rings. The Morgan fingerprint density at radius 1 is 1.23 bits per heavy atom. The number of hydrogen-bond donors (Lipinski definition) is 2. The van der Waals surface area contributed by atoms with Crippen molar-refractivity contribution >= 4 is 11.9 Å². The fourth-order valence-corrected chi connectivity index (χ4v) is 2.93. The molecule has 0 saturated heterocycles. The van der Waals surface area contributed by atoms with Crippen molar-refractivity contribution in [1.29, 1.82) is 5.26 Å². The Morgan fingerprint density at radius 2 is 1.91 bits per heavy atom. The first-order valence-electron chi connectivity index (χ1n) is 7.59. The molecule has 1 aliphatic carbocycles. The molecule has 2 N–H and O–H groups in total. The van der Waals surface area contributed by atoms with Crippen LogP contribution in [-0.4, -0.2) is 22.5 Å². The number of amides is 1. The van der Waals surface area contributed by atoms with Crippen LogP contribution in [0, 0.1) is 11.3 Å². The molecule has 0 spiro atoms. The summed E-state index contributed by atoms with van der Waals surface area (Å²) in [7, 11) is 0. The number of rotatable bonds is 4. The van der Waals surface area contributed by atoms with Gasteiger partial charge in [0.1, 0.15) is 5.54 Å². The maximum Gasteiger partial charge on any atom is 0.329 e. The lowest BCUT2D eigenvalue weighted by atomic mass is 9.89. The number of carboxylic acid groups (broad SMARTS) is 1. The maximum atomic E-state index is 12.4. The lowest BCUT2D eigenvalue weighted by molar-refractivity contribution is -0.145. The van der Waals surface area contributed by atoms with Crippen LogP contribution in [0.25, 0.3) is 0 Å². The number of carbonyl (C=O) groups is 2. The average Bonchev–Trinajstić information content (AvgIpc) is 2.74. The second-order valence-electron chi connectivity index (χ2n) is 5.79. The Bertz CT molecular complexity index is 596. The standard InChI is InChI=1S/C17H20N2O3/c18-11-8-13-6-5-7-14(12-13)15(20)19-17(16(21)22)9-3-1-2-4-10-17/h5-7,12H,1-4,8-10H2,(H,19,20)(H,21,22). The third kappa shape index (κ3) is 3.64. The molecule has 1 amide bonds. The number of nitrogens with one attached hydrogen (secondary N) is 1. The molecule has 0 aliphatic heterocycles. The van der Waals surface area contributed by atoms with Gasteiger partial charge in [-0.15, -0.1) is 0 Å². The minimum Gasteiger partial charge on any atom is -0.480 e. The highest BCUT2D eigenvalue weighted by Gasteiger charge is 2.40. The zero-order valence-corrected chi connectivity index (χ0v) is 12.5. The van der Waals surface area contributed by atoms with E-state index >= 15 is 0 Å². The van der Waals surface area contributed by atoms with E-state index in [9.17, 15) is 14.7 Å². The van der Waals surface area contributed by atoms with Gasteiger partial charge < -0.3 is 10.4 Å². The van der Waals surface area contributed by atoms with Gasteiger partial charge in [0.25, 0.3) is 5.91 Å². The molecule has 0 radical (unpaired) electrons. The number of carboxylic acids is 1. The van der Waals surface area contributed by atoms with E-state index in [1.807, 2.05) is 6.07 Å². The summed E-state index contributed by atoms with van der Waals surface area (Å²) in [5.41, 5.74) is -0.0169. The van der Waals surface area contributed by atoms with Crippen LogP contribution >= 0.6 is 0 Å². The molecule has 0 atom stereocenters. The summed E-state index contributed by atoms with van der Waals surface area (Å²) in [4.78, 5) is 24.1. The van der Waals surface area contributed by atoms with Gasteiger partial charge in [-0.25, -0.2) is 4.79 Å². The van der Waals surface area contributed by atoms with E-state index in [0.717, 1.165) is 31.2 Å². The van der Waals surface area contributed by atoms with Gasteiger partial charge in [0.05, 0.1) is 12.5 Å². The summed E-state index contributed by atoms with van der Waals surface area (Å²) in [5, 5.41) is 21.1. The largest absolute Gasteiger partial charge is 0.480 e. The predicted molar refractivity (Wildman–Crippen MR) is 81.3 cm³/mol. The number of carbonyl (C=O) groups excluding carboxylic acids is 1. The Balaban J connectivity index is 2.19. The summed E-state index contributed by atoms with van der Waals surface area (Å²) in [6.07, 6.45) is 4.77. The summed E-state index contributed by atoms with van der Waals surface area (Å²) in [6, 6.07) is 8.81. The van der Waals surface area contributed by atoms with Crippen molar-refractivity contribution in [3.63, 3.8) is 0 Å². The average molecular weight is 300 g/mol. The molecule has 0 unspecified atom stereocenters. The van der Waals surface area contributed by atoms with Crippen LogP contribution in [0.5, 0.6) is 0 Å². The third-order valence-electron chi connectivity index (χ3n) is 4.19. The molecule has 0 heterocycles. The second kappa shape index (κ2) is 7.08. The van der Waals surface area contributed by atoms with Gasteiger partial charge in [0, 0.05) is 5.56 Å². The van der Waals surface area contributed by atoms with Gasteiger partial charge in [-0.3, -0.25) is 4.79 Å². The van der Waals surface area contributed by atoms with E-state index in [1.165, 1.54) is 0 Å². The van der Waals surface area contributed by atoms with Crippen molar-refractivity contribution in [3.05, 3.63) is 35.4 Å². The molecule has 22 heavy (non-hydrogen) atoms. The van der Waals surface area contributed by atoms with Gasteiger partial charge in [-0.05, 0) is 30.5 Å². The molecule has 1 aromatic rings. The molecule has 5 heteroatoms. The van der Waals surface area contributed by atoms with Crippen LogP contribution in [0.2, 0.25) is 0 Å². The summed E-state index contributed by atoms with van der Waals surface area (Å²) < 4.78 is 0. The van der Waals surface area contributed by atoms with Gasteiger partial charge in [0.2, 0.25) is 0 Å². The first-order valence-corrected chi connectivity index (χ1v) is 7.59. The number of hydrogen-bond acceptors (Lipinski definition) is 3. The topological polar surface area (TPSA) is 90.2 Å². The Morgan fingerprint density at radius 3 is 2.50 bits per heavy atom. The first-order chi connectivity index (χ1) is 10.6. The van der Waals surface area contributed by atoms with E-state index in [4.69, 9.17) is 5.26 Å². The highest BCUT2D eigenvalue weighted by atomic mass is 16.4. The van der Waals surface area contributed by atoms with Crippen molar-refractivity contribution in [2.24, 2.45) is 0 Å². The van der Waals surface area contributed by atoms with Crippen LogP contribution in [-0.2, 0) is 11.2 Å². The monoisotopic (exact) mass is 300 g/mol. The lowest BCUT2D eigenvalue weighted by Gasteiger charge is -2.29. The molecule has 1 aromatic carbocycles. The fourth-order valence-electron chi connectivity index (χ4n) is 2.93. The molecular formula is C17H20N2O3. The van der Waals surface area contributed by atoms with Gasteiger partial charge >= 0.3 is 5.97 Å². The summed E-state index contributed by atoms with van der Waals surface area (Å²) >= 11 is 0. The normalized spacial score (nSPS) is 17.0. The van der Waals surface area contributed by atoms with Crippen LogP contribution in [0.3, 0.4) is 0 Å². The quantitative estimate of drug-likeness (QED) is 0.836. The Hall–Kier alpha value is -2.35. The summed E-state index contributed by atoms with van der Waals surface area (Å²) in [6.45, 7) is 0. The number of benzene rings is 1. The van der Waals surface area contributed by atoms with Gasteiger partial charge in [-0.1, -0.05) is 37.8 Å². The van der Waals surface area contributed by atoms with Crippen LogP contribution < -0.4 is 5.32 Å².